The Morgan fingerprint density at radius 1 is 1.61 bits per heavy atom. The fourth-order valence-electron chi connectivity index (χ4n) is 2.05. The molecule has 2 heterocycles. The maximum Gasteiger partial charge on any atom is 0.186 e. The van der Waals surface area contributed by atoms with Gasteiger partial charge in [0.05, 0.1) is 31.6 Å². The Kier molecular flexibility index (Phi) is 4.94. The van der Waals surface area contributed by atoms with E-state index in [0.29, 0.717) is 12.6 Å². The molecule has 1 atom stereocenters. The fraction of sp³-hybridized carbons (Fsp3) is 0.750. The largest absolute Gasteiger partial charge is 0.378 e. The van der Waals surface area contributed by atoms with Crippen molar-refractivity contribution >= 4 is 16.5 Å². The van der Waals surface area contributed by atoms with E-state index in [1.54, 1.807) is 18.4 Å². The van der Waals surface area contributed by atoms with Crippen molar-refractivity contribution in [1.82, 2.24) is 10.3 Å². The summed E-state index contributed by atoms with van der Waals surface area (Å²) in [7, 11) is 3.66. The Hall–Kier alpha value is -0.690. The SMILES string of the molecule is CNCc1sc(N2CCOCC2C)nc1COC. The summed E-state index contributed by atoms with van der Waals surface area (Å²) in [5, 5.41) is 4.27. The monoisotopic (exact) mass is 271 g/mol. The highest BCUT2D eigenvalue weighted by Crippen LogP contribution is 2.29. The molecule has 1 fully saturated rings. The summed E-state index contributed by atoms with van der Waals surface area (Å²) in [6, 6.07) is 0.391. The van der Waals surface area contributed by atoms with Crippen LogP contribution in [-0.2, 0) is 22.6 Å². The number of thiazole rings is 1. The van der Waals surface area contributed by atoms with Crippen LogP contribution in [0.5, 0.6) is 0 Å². The van der Waals surface area contributed by atoms with Gasteiger partial charge in [0, 0.05) is 25.1 Å². The highest BCUT2D eigenvalue weighted by molar-refractivity contribution is 7.15. The van der Waals surface area contributed by atoms with Crippen LogP contribution >= 0.6 is 11.3 Å². The van der Waals surface area contributed by atoms with E-state index in [1.807, 2.05) is 7.05 Å². The van der Waals surface area contributed by atoms with Gasteiger partial charge >= 0.3 is 0 Å². The molecule has 102 valence electrons. The molecule has 0 radical (unpaired) electrons. The minimum atomic E-state index is 0.391. The Morgan fingerprint density at radius 3 is 3.11 bits per heavy atom. The highest BCUT2D eigenvalue weighted by Gasteiger charge is 2.23. The first-order valence-electron chi connectivity index (χ1n) is 6.22. The third-order valence-electron chi connectivity index (χ3n) is 3.00. The molecule has 0 aliphatic carbocycles. The number of hydrogen-bond acceptors (Lipinski definition) is 6. The van der Waals surface area contributed by atoms with Crippen molar-refractivity contribution in [2.75, 3.05) is 38.8 Å². The minimum Gasteiger partial charge on any atom is -0.378 e. The van der Waals surface area contributed by atoms with Crippen molar-refractivity contribution in [3.63, 3.8) is 0 Å². The van der Waals surface area contributed by atoms with Crippen LogP contribution in [0.25, 0.3) is 0 Å². The predicted molar refractivity (Wildman–Crippen MR) is 73.2 cm³/mol. The topological polar surface area (TPSA) is 46.6 Å². The smallest absolute Gasteiger partial charge is 0.186 e. The first-order chi connectivity index (χ1) is 8.76. The molecule has 18 heavy (non-hydrogen) atoms. The van der Waals surface area contributed by atoms with Crippen LogP contribution in [0.15, 0.2) is 0 Å². The fourth-order valence-corrected chi connectivity index (χ4v) is 3.26. The number of aromatic nitrogens is 1. The molecular formula is C12H21N3O2S. The maximum atomic E-state index is 5.46. The number of nitrogens with one attached hydrogen (secondary N) is 1. The van der Waals surface area contributed by atoms with E-state index >= 15 is 0 Å². The van der Waals surface area contributed by atoms with E-state index in [2.05, 4.69) is 17.1 Å². The van der Waals surface area contributed by atoms with Gasteiger partial charge in [-0.05, 0) is 14.0 Å². The molecule has 1 aliphatic heterocycles. The lowest BCUT2D eigenvalue weighted by atomic mass is 10.3. The number of methoxy groups -OCH3 is 1. The van der Waals surface area contributed by atoms with Crippen molar-refractivity contribution in [3.8, 4) is 0 Å². The normalized spacial score (nSPS) is 20.4. The van der Waals surface area contributed by atoms with Crippen LogP contribution in [0.1, 0.15) is 17.5 Å². The summed E-state index contributed by atoms with van der Waals surface area (Å²) >= 11 is 1.75. The number of hydrogen-bond donors (Lipinski definition) is 1. The Labute approximate surface area is 112 Å². The van der Waals surface area contributed by atoms with E-state index in [4.69, 9.17) is 14.5 Å². The Morgan fingerprint density at radius 2 is 2.44 bits per heavy atom. The lowest BCUT2D eigenvalue weighted by Gasteiger charge is -2.32. The average molecular weight is 271 g/mol. The lowest BCUT2D eigenvalue weighted by molar-refractivity contribution is 0.0988. The standard InChI is InChI=1S/C12H21N3O2S/c1-9-7-17-5-4-15(9)12-14-10(8-16-3)11(18-12)6-13-2/h9,13H,4-8H2,1-3H3. The average Bonchev–Trinajstić information content (AvgIpc) is 2.74. The molecular weight excluding hydrogens is 250 g/mol. The summed E-state index contributed by atoms with van der Waals surface area (Å²) in [5.74, 6) is 0. The van der Waals surface area contributed by atoms with Gasteiger partial charge < -0.3 is 19.7 Å². The summed E-state index contributed by atoms with van der Waals surface area (Å²) in [4.78, 5) is 8.30. The summed E-state index contributed by atoms with van der Waals surface area (Å²) in [5.41, 5.74) is 1.05. The molecule has 1 unspecified atom stereocenters. The van der Waals surface area contributed by atoms with Crippen LogP contribution in [0, 0.1) is 0 Å². The summed E-state index contributed by atoms with van der Waals surface area (Å²) < 4.78 is 10.7. The molecule has 0 amide bonds. The second kappa shape index (κ2) is 6.47. The van der Waals surface area contributed by atoms with E-state index in [9.17, 15) is 0 Å². The lowest BCUT2D eigenvalue weighted by Crippen LogP contribution is -2.43. The van der Waals surface area contributed by atoms with E-state index < -0.39 is 0 Å². The van der Waals surface area contributed by atoms with Crippen LogP contribution in [0.2, 0.25) is 0 Å². The van der Waals surface area contributed by atoms with E-state index in [-0.39, 0.29) is 0 Å². The van der Waals surface area contributed by atoms with Gasteiger partial charge in [-0.25, -0.2) is 4.98 Å². The molecule has 0 spiro atoms. The van der Waals surface area contributed by atoms with Gasteiger partial charge in [-0.15, -0.1) is 11.3 Å². The number of anilines is 1. The third-order valence-corrected chi connectivity index (χ3v) is 4.13. The zero-order valence-electron chi connectivity index (χ0n) is 11.2. The summed E-state index contributed by atoms with van der Waals surface area (Å²) in [6.45, 7) is 6.07. The first kappa shape index (κ1) is 13.7. The van der Waals surface area contributed by atoms with Gasteiger partial charge in [0.1, 0.15) is 0 Å². The zero-order chi connectivity index (χ0) is 13.0. The molecule has 1 aromatic rings. The molecule has 0 bridgehead atoms. The van der Waals surface area contributed by atoms with Gasteiger partial charge in [-0.1, -0.05) is 0 Å². The molecule has 1 aliphatic rings. The molecule has 0 saturated carbocycles. The number of morpholine rings is 1. The third kappa shape index (κ3) is 3.00. The van der Waals surface area contributed by atoms with Crippen molar-refractivity contribution in [2.45, 2.75) is 26.1 Å². The molecule has 2 rings (SSSR count). The van der Waals surface area contributed by atoms with Crippen molar-refractivity contribution in [3.05, 3.63) is 10.6 Å². The maximum absolute atomic E-state index is 5.46. The van der Waals surface area contributed by atoms with Gasteiger partial charge in [0.15, 0.2) is 5.13 Å². The van der Waals surface area contributed by atoms with E-state index in [1.165, 1.54) is 4.88 Å². The van der Waals surface area contributed by atoms with Crippen molar-refractivity contribution in [1.29, 1.82) is 0 Å². The summed E-state index contributed by atoms with van der Waals surface area (Å²) in [6.07, 6.45) is 0. The van der Waals surface area contributed by atoms with Gasteiger partial charge in [-0.2, -0.15) is 0 Å². The number of ether oxygens (including phenoxy) is 2. The molecule has 6 heteroatoms. The molecule has 0 aromatic carbocycles. The second-order valence-electron chi connectivity index (χ2n) is 4.45. The second-order valence-corrected chi connectivity index (χ2v) is 5.51. The van der Waals surface area contributed by atoms with Gasteiger partial charge in [0.2, 0.25) is 0 Å². The quantitative estimate of drug-likeness (QED) is 0.873. The van der Waals surface area contributed by atoms with Crippen LogP contribution in [0.3, 0.4) is 0 Å². The Balaban J connectivity index is 2.18. The molecule has 1 saturated heterocycles. The van der Waals surface area contributed by atoms with E-state index in [0.717, 1.165) is 37.1 Å². The van der Waals surface area contributed by atoms with Crippen molar-refractivity contribution < 1.29 is 9.47 Å². The minimum absolute atomic E-state index is 0.391. The van der Waals surface area contributed by atoms with Crippen LogP contribution in [-0.4, -0.2) is 44.9 Å². The van der Waals surface area contributed by atoms with Crippen LogP contribution in [0.4, 0.5) is 5.13 Å². The Bertz CT molecular complexity index is 360. The van der Waals surface area contributed by atoms with Crippen molar-refractivity contribution in [2.24, 2.45) is 0 Å². The van der Waals surface area contributed by atoms with Gasteiger partial charge in [-0.3, -0.25) is 0 Å². The van der Waals surface area contributed by atoms with Crippen LogP contribution < -0.4 is 10.2 Å². The first-order valence-corrected chi connectivity index (χ1v) is 7.04. The zero-order valence-corrected chi connectivity index (χ0v) is 12.0. The molecule has 1 N–H and O–H groups in total. The van der Waals surface area contributed by atoms with Gasteiger partial charge in [0.25, 0.3) is 0 Å². The number of rotatable bonds is 5. The molecule has 5 nitrogen and oxygen atoms in total. The molecule has 1 aromatic heterocycles. The highest BCUT2D eigenvalue weighted by atomic mass is 32.1. The predicted octanol–water partition coefficient (Wildman–Crippen LogP) is 1.23. The number of nitrogens with zero attached hydrogens (tertiary/aromatic N) is 2.